The summed E-state index contributed by atoms with van der Waals surface area (Å²) in [7, 11) is 0. The molecule has 2 nitrogen and oxygen atoms in total. The Morgan fingerprint density at radius 1 is 1.31 bits per heavy atom. The number of benzene rings is 1. The molecule has 1 rings (SSSR count). The van der Waals surface area contributed by atoms with Crippen molar-refractivity contribution >= 4 is 5.69 Å². The SMILES string of the molecule is CCOCc1ccccc1NC(C)C(F)F. The van der Waals surface area contributed by atoms with Crippen LogP contribution in [0.25, 0.3) is 0 Å². The van der Waals surface area contributed by atoms with Gasteiger partial charge in [0.25, 0.3) is 6.43 Å². The molecule has 1 N–H and O–H groups in total. The minimum atomic E-state index is -2.37. The topological polar surface area (TPSA) is 21.3 Å². The molecule has 0 bridgehead atoms. The van der Waals surface area contributed by atoms with Crippen LogP contribution in [-0.4, -0.2) is 19.1 Å². The first-order chi connectivity index (χ1) is 7.65. The van der Waals surface area contributed by atoms with Crippen LogP contribution in [0.2, 0.25) is 0 Å². The number of ether oxygens (including phenoxy) is 1. The van der Waals surface area contributed by atoms with Crippen molar-refractivity contribution in [1.82, 2.24) is 0 Å². The van der Waals surface area contributed by atoms with Crippen molar-refractivity contribution in [3.8, 4) is 0 Å². The van der Waals surface area contributed by atoms with Gasteiger partial charge in [-0.1, -0.05) is 18.2 Å². The van der Waals surface area contributed by atoms with E-state index in [0.717, 1.165) is 5.56 Å². The highest BCUT2D eigenvalue weighted by Crippen LogP contribution is 2.18. The van der Waals surface area contributed by atoms with Gasteiger partial charge in [0.15, 0.2) is 0 Å². The van der Waals surface area contributed by atoms with Gasteiger partial charge in [0.05, 0.1) is 12.6 Å². The zero-order valence-electron chi connectivity index (χ0n) is 9.54. The largest absolute Gasteiger partial charge is 0.377 e. The van der Waals surface area contributed by atoms with Crippen molar-refractivity contribution < 1.29 is 13.5 Å². The number of rotatable bonds is 6. The Morgan fingerprint density at radius 2 is 2.00 bits per heavy atom. The van der Waals surface area contributed by atoms with Crippen LogP contribution in [0.4, 0.5) is 14.5 Å². The maximum absolute atomic E-state index is 12.4. The monoisotopic (exact) mass is 229 g/mol. The van der Waals surface area contributed by atoms with Crippen molar-refractivity contribution in [2.24, 2.45) is 0 Å². The second kappa shape index (κ2) is 6.43. The van der Waals surface area contributed by atoms with Crippen LogP contribution in [0.1, 0.15) is 19.4 Å². The van der Waals surface area contributed by atoms with Gasteiger partial charge in [-0.05, 0) is 19.9 Å². The van der Waals surface area contributed by atoms with E-state index in [2.05, 4.69) is 5.32 Å². The second-order valence-corrected chi connectivity index (χ2v) is 3.56. The van der Waals surface area contributed by atoms with Crippen LogP contribution in [0.5, 0.6) is 0 Å². The Hall–Kier alpha value is -1.16. The molecule has 0 amide bonds. The molecule has 4 heteroatoms. The lowest BCUT2D eigenvalue weighted by atomic mass is 10.1. The lowest BCUT2D eigenvalue weighted by Gasteiger charge is -2.17. The standard InChI is InChI=1S/C12H17F2NO/c1-3-16-8-10-6-4-5-7-11(10)15-9(2)12(13)14/h4-7,9,12,15H,3,8H2,1-2H3. The highest BCUT2D eigenvalue weighted by atomic mass is 19.3. The molecule has 0 fully saturated rings. The average Bonchev–Trinajstić information content (AvgIpc) is 2.27. The van der Waals surface area contributed by atoms with E-state index in [1.807, 2.05) is 25.1 Å². The molecule has 0 aromatic heterocycles. The fourth-order valence-corrected chi connectivity index (χ4v) is 1.31. The summed E-state index contributed by atoms with van der Waals surface area (Å²) in [5.74, 6) is 0. The Labute approximate surface area is 94.6 Å². The third kappa shape index (κ3) is 3.77. The van der Waals surface area contributed by atoms with Crippen LogP contribution in [0, 0.1) is 0 Å². The number of hydrogen-bond donors (Lipinski definition) is 1. The maximum Gasteiger partial charge on any atom is 0.258 e. The molecule has 0 saturated heterocycles. The van der Waals surface area contributed by atoms with Gasteiger partial charge in [-0.3, -0.25) is 0 Å². The Balaban J connectivity index is 2.70. The molecule has 1 atom stereocenters. The van der Waals surface area contributed by atoms with E-state index in [-0.39, 0.29) is 0 Å². The van der Waals surface area contributed by atoms with E-state index in [9.17, 15) is 8.78 Å². The Kier molecular flexibility index (Phi) is 5.19. The lowest BCUT2D eigenvalue weighted by Crippen LogP contribution is -2.24. The molecule has 0 radical (unpaired) electrons. The lowest BCUT2D eigenvalue weighted by molar-refractivity contribution is 0.128. The van der Waals surface area contributed by atoms with Crippen LogP contribution in [0.15, 0.2) is 24.3 Å². The summed E-state index contributed by atoms with van der Waals surface area (Å²) >= 11 is 0. The normalized spacial score (nSPS) is 12.8. The first kappa shape index (κ1) is 12.9. The van der Waals surface area contributed by atoms with Gasteiger partial charge < -0.3 is 10.1 Å². The molecule has 16 heavy (non-hydrogen) atoms. The molecule has 0 aliphatic rings. The van der Waals surface area contributed by atoms with Gasteiger partial charge in [0.1, 0.15) is 0 Å². The number of anilines is 1. The maximum atomic E-state index is 12.4. The number of para-hydroxylation sites is 1. The van der Waals surface area contributed by atoms with Crippen molar-refractivity contribution in [2.75, 3.05) is 11.9 Å². The highest BCUT2D eigenvalue weighted by molar-refractivity contribution is 5.51. The van der Waals surface area contributed by atoms with E-state index < -0.39 is 12.5 Å². The van der Waals surface area contributed by atoms with E-state index in [1.54, 1.807) is 6.07 Å². The summed E-state index contributed by atoms with van der Waals surface area (Å²) in [5.41, 5.74) is 1.61. The number of hydrogen-bond acceptors (Lipinski definition) is 2. The number of nitrogens with one attached hydrogen (secondary N) is 1. The third-order valence-corrected chi connectivity index (χ3v) is 2.24. The molecule has 0 aliphatic carbocycles. The van der Waals surface area contributed by atoms with Gasteiger partial charge >= 0.3 is 0 Å². The van der Waals surface area contributed by atoms with E-state index in [4.69, 9.17) is 4.74 Å². The molecule has 90 valence electrons. The van der Waals surface area contributed by atoms with Crippen LogP contribution < -0.4 is 5.32 Å². The van der Waals surface area contributed by atoms with E-state index in [1.165, 1.54) is 6.92 Å². The van der Waals surface area contributed by atoms with Gasteiger partial charge in [0, 0.05) is 17.9 Å². The molecule has 0 saturated carbocycles. The first-order valence-electron chi connectivity index (χ1n) is 5.35. The highest BCUT2D eigenvalue weighted by Gasteiger charge is 2.15. The van der Waals surface area contributed by atoms with Gasteiger partial charge in [-0.15, -0.1) is 0 Å². The third-order valence-electron chi connectivity index (χ3n) is 2.24. The number of alkyl halides is 2. The van der Waals surface area contributed by atoms with Crippen molar-refractivity contribution in [3.63, 3.8) is 0 Å². The molecule has 0 spiro atoms. The quantitative estimate of drug-likeness (QED) is 0.808. The van der Waals surface area contributed by atoms with Crippen LogP contribution in [0.3, 0.4) is 0 Å². The fraction of sp³-hybridized carbons (Fsp3) is 0.500. The summed E-state index contributed by atoms with van der Waals surface area (Å²) < 4.78 is 30.1. The molecule has 1 aromatic rings. The zero-order valence-corrected chi connectivity index (χ0v) is 9.54. The summed E-state index contributed by atoms with van der Waals surface area (Å²) in [6, 6.07) is 6.48. The van der Waals surface area contributed by atoms with Crippen molar-refractivity contribution in [2.45, 2.75) is 32.9 Å². The predicted octanol–water partition coefficient (Wildman–Crippen LogP) is 3.29. The summed E-state index contributed by atoms with van der Waals surface area (Å²) in [5, 5.41) is 2.79. The van der Waals surface area contributed by atoms with Gasteiger partial charge in [-0.25, -0.2) is 8.78 Å². The van der Waals surface area contributed by atoms with Crippen molar-refractivity contribution in [1.29, 1.82) is 0 Å². The molecular formula is C12H17F2NO. The van der Waals surface area contributed by atoms with Crippen LogP contribution in [-0.2, 0) is 11.3 Å². The molecule has 0 heterocycles. The molecular weight excluding hydrogens is 212 g/mol. The summed E-state index contributed by atoms with van der Waals surface area (Å²) in [4.78, 5) is 0. The van der Waals surface area contributed by atoms with Gasteiger partial charge in [-0.2, -0.15) is 0 Å². The number of halogens is 2. The second-order valence-electron chi connectivity index (χ2n) is 3.56. The summed E-state index contributed by atoms with van der Waals surface area (Å²) in [6.07, 6.45) is -2.37. The Bertz CT molecular complexity index is 318. The minimum Gasteiger partial charge on any atom is -0.377 e. The Morgan fingerprint density at radius 3 is 2.62 bits per heavy atom. The molecule has 0 aliphatic heterocycles. The van der Waals surface area contributed by atoms with Gasteiger partial charge in [0.2, 0.25) is 0 Å². The molecule has 1 aromatic carbocycles. The van der Waals surface area contributed by atoms with E-state index >= 15 is 0 Å². The minimum absolute atomic E-state index is 0.440. The first-order valence-corrected chi connectivity index (χ1v) is 5.35. The van der Waals surface area contributed by atoms with Crippen LogP contribution >= 0.6 is 0 Å². The predicted molar refractivity (Wildman–Crippen MR) is 60.9 cm³/mol. The van der Waals surface area contributed by atoms with E-state index in [0.29, 0.717) is 18.9 Å². The zero-order chi connectivity index (χ0) is 12.0. The summed E-state index contributed by atoms with van der Waals surface area (Å²) in [6.45, 7) is 4.41. The van der Waals surface area contributed by atoms with Crippen molar-refractivity contribution in [3.05, 3.63) is 29.8 Å². The fourth-order valence-electron chi connectivity index (χ4n) is 1.31. The molecule has 1 unspecified atom stereocenters. The average molecular weight is 229 g/mol. The smallest absolute Gasteiger partial charge is 0.258 e.